The number of carbonyl (C=O) groups is 2. The molecule has 1 unspecified atom stereocenters. The lowest BCUT2D eigenvalue weighted by Gasteiger charge is -2.15. The van der Waals surface area contributed by atoms with Crippen LogP contribution in [0.25, 0.3) is 0 Å². The van der Waals surface area contributed by atoms with E-state index in [1.54, 1.807) is 18.2 Å². The molecule has 0 aliphatic rings. The second-order valence-electron chi connectivity index (χ2n) is 6.73. The monoisotopic (exact) mass is 494 g/mol. The van der Waals surface area contributed by atoms with Gasteiger partial charge in [-0.1, -0.05) is 29.4 Å². The molecule has 0 bridgehead atoms. The van der Waals surface area contributed by atoms with Gasteiger partial charge in [0.1, 0.15) is 10.8 Å². The van der Waals surface area contributed by atoms with Gasteiger partial charge < -0.3 is 19.4 Å². The van der Waals surface area contributed by atoms with Gasteiger partial charge in [-0.05, 0) is 45.0 Å². The number of halogens is 1. The number of aromatic nitrogens is 3. The third kappa shape index (κ3) is 5.81. The van der Waals surface area contributed by atoms with Crippen LogP contribution in [0.4, 0.5) is 5.00 Å². The highest BCUT2D eigenvalue weighted by Gasteiger charge is 2.21. The highest BCUT2D eigenvalue weighted by molar-refractivity contribution is 7.99. The molecular formula is C21H23ClN4O4S2. The Kier molecular flexibility index (Phi) is 8.16. The van der Waals surface area contributed by atoms with Crippen molar-refractivity contribution >= 4 is 51.6 Å². The number of rotatable bonds is 9. The summed E-state index contributed by atoms with van der Waals surface area (Å²) in [6.45, 7) is 6.33. The smallest absolute Gasteiger partial charge is 0.340 e. The molecule has 3 rings (SSSR count). The maximum Gasteiger partial charge on any atom is 0.340 e. The number of carbonyl (C=O) groups excluding carboxylic acids is 2. The van der Waals surface area contributed by atoms with Gasteiger partial charge in [0, 0.05) is 16.4 Å². The lowest BCUT2D eigenvalue weighted by Crippen LogP contribution is -2.16. The molecule has 0 radical (unpaired) electrons. The minimum atomic E-state index is -0.485. The molecule has 3 aromatic rings. The first-order valence-electron chi connectivity index (χ1n) is 9.79. The summed E-state index contributed by atoms with van der Waals surface area (Å²) < 4.78 is 12.6. The van der Waals surface area contributed by atoms with Gasteiger partial charge in [0.15, 0.2) is 17.1 Å². The van der Waals surface area contributed by atoms with Crippen molar-refractivity contribution in [2.75, 3.05) is 18.2 Å². The minimum Gasteiger partial charge on any atom is -0.483 e. The van der Waals surface area contributed by atoms with Crippen molar-refractivity contribution in [3.05, 3.63) is 51.6 Å². The molecular weight excluding hydrogens is 472 g/mol. The van der Waals surface area contributed by atoms with Crippen molar-refractivity contribution < 1.29 is 19.1 Å². The zero-order chi connectivity index (χ0) is 23.3. The molecule has 2 heterocycles. The molecule has 0 aliphatic heterocycles. The zero-order valence-electron chi connectivity index (χ0n) is 18.0. The van der Waals surface area contributed by atoms with Crippen LogP contribution in [0.2, 0.25) is 5.02 Å². The summed E-state index contributed by atoms with van der Waals surface area (Å²) in [4.78, 5) is 25.3. The van der Waals surface area contributed by atoms with Gasteiger partial charge in [-0.25, -0.2) is 4.79 Å². The fraction of sp³-hybridized carbons (Fsp3) is 0.333. The van der Waals surface area contributed by atoms with Gasteiger partial charge >= 0.3 is 5.97 Å². The van der Waals surface area contributed by atoms with Crippen LogP contribution in [-0.4, -0.2) is 39.5 Å². The molecule has 1 amide bonds. The summed E-state index contributed by atoms with van der Waals surface area (Å²) in [5, 5.41) is 12.9. The van der Waals surface area contributed by atoms with Crippen molar-refractivity contribution in [1.29, 1.82) is 0 Å². The molecule has 0 spiro atoms. The van der Waals surface area contributed by atoms with E-state index in [-0.39, 0.29) is 17.8 Å². The lowest BCUT2D eigenvalue weighted by atomic mass is 10.3. The van der Waals surface area contributed by atoms with E-state index in [1.165, 1.54) is 30.2 Å². The van der Waals surface area contributed by atoms with E-state index < -0.39 is 5.97 Å². The standard InChI is InChI=1S/C21H23ClN4O4S2/c1-5-26-18(13(3)30-15-8-6-7-14(22)10-15)24-25-21(26)31-11-17(27)23-19-16(20(28)29-4)9-12(2)32-19/h6-10,13H,5,11H2,1-4H3,(H,23,27). The molecule has 32 heavy (non-hydrogen) atoms. The molecule has 0 fully saturated rings. The van der Waals surface area contributed by atoms with Crippen LogP contribution in [0.5, 0.6) is 5.75 Å². The minimum absolute atomic E-state index is 0.110. The summed E-state index contributed by atoms with van der Waals surface area (Å²) in [6, 6.07) is 8.85. The molecule has 1 atom stereocenters. The third-order valence-electron chi connectivity index (χ3n) is 4.38. The van der Waals surface area contributed by atoms with Gasteiger partial charge in [-0.2, -0.15) is 0 Å². The van der Waals surface area contributed by atoms with Crippen LogP contribution < -0.4 is 10.1 Å². The maximum absolute atomic E-state index is 12.5. The van der Waals surface area contributed by atoms with Crippen LogP contribution in [0.1, 0.15) is 41.0 Å². The Labute approximate surface area is 199 Å². The van der Waals surface area contributed by atoms with Crippen LogP contribution in [-0.2, 0) is 16.1 Å². The summed E-state index contributed by atoms with van der Waals surface area (Å²) in [5.41, 5.74) is 0.347. The molecule has 0 saturated heterocycles. The quantitative estimate of drug-likeness (QED) is 0.331. The Morgan fingerprint density at radius 3 is 2.78 bits per heavy atom. The highest BCUT2D eigenvalue weighted by atomic mass is 35.5. The fourth-order valence-corrected chi connectivity index (χ4v) is 4.87. The molecule has 8 nitrogen and oxygen atoms in total. The number of methoxy groups -OCH3 is 1. The van der Waals surface area contributed by atoms with Crippen LogP contribution >= 0.6 is 34.7 Å². The SMILES string of the molecule is CCn1c(SCC(=O)Nc2sc(C)cc2C(=O)OC)nnc1C(C)Oc1cccc(Cl)c1. The number of thiophene rings is 1. The number of thioether (sulfide) groups is 1. The van der Waals surface area contributed by atoms with Gasteiger partial charge in [0.05, 0.1) is 18.4 Å². The molecule has 1 N–H and O–H groups in total. The Morgan fingerprint density at radius 2 is 2.09 bits per heavy atom. The predicted molar refractivity (Wildman–Crippen MR) is 126 cm³/mol. The van der Waals surface area contributed by atoms with E-state index >= 15 is 0 Å². The third-order valence-corrected chi connectivity index (χ3v) is 6.55. The summed E-state index contributed by atoms with van der Waals surface area (Å²) >= 11 is 8.61. The first kappa shape index (κ1) is 24.1. The van der Waals surface area contributed by atoms with E-state index in [2.05, 4.69) is 15.5 Å². The number of aryl methyl sites for hydroxylation is 1. The Morgan fingerprint density at radius 1 is 1.31 bits per heavy atom. The van der Waals surface area contributed by atoms with Crippen molar-refractivity contribution in [3.8, 4) is 5.75 Å². The molecule has 170 valence electrons. The second kappa shape index (κ2) is 10.8. The first-order chi connectivity index (χ1) is 15.3. The number of nitrogens with one attached hydrogen (secondary N) is 1. The normalized spacial score (nSPS) is 11.8. The molecule has 0 saturated carbocycles. The molecule has 2 aromatic heterocycles. The largest absolute Gasteiger partial charge is 0.483 e. The number of amides is 1. The van der Waals surface area contributed by atoms with Crippen LogP contribution in [0.15, 0.2) is 35.5 Å². The summed E-state index contributed by atoms with van der Waals surface area (Å²) in [6.07, 6.45) is -0.360. The van der Waals surface area contributed by atoms with Gasteiger partial charge in [-0.15, -0.1) is 21.5 Å². The number of esters is 1. The van der Waals surface area contributed by atoms with Crippen molar-refractivity contribution in [2.24, 2.45) is 0 Å². The first-order valence-corrected chi connectivity index (χ1v) is 12.0. The van der Waals surface area contributed by atoms with Gasteiger partial charge in [-0.3, -0.25) is 4.79 Å². The number of nitrogens with zero attached hydrogens (tertiary/aromatic N) is 3. The Hall–Kier alpha value is -2.56. The average molecular weight is 495 g/mol. The molecule has 0 aliphatic carbocycles. The summed E-state index contributed by atoms with van der Waals surface area (Å²) in [7, 11) is 1.31. The zero-order valence-corrected chi connectivity index (χ0v) is 20.4. The topological polar surface area (TPSA) is 95.3 Å². The van der Waals surface area contributed by atoms with E-state index in [9.17, 15) is 9.59 Å². The van der Waals surface area contributed by atoms with Crippen LogP contribution in [0.3, 0.4) is 0 Å². The van der Waals surface area contributed by atoms with Crippen molar-refractivity contribution in [2.45, 2.75) is 38.6 Å². The average Bonchev–Trinajstić information content (AvgIpc) is 3.34. The number of anilines is 1. The maximum atomic E-state index is 12.5. The van der Waals surface area contributed by atoms with Gasteiger partial charge in [0.2, 0.25) is 5.91 Å². The van der Waals surface area contributed by atoms with E-state index in [1.807, 2.05) is 37.5 Å². The van der Waals surface area contributed by atoms with Crippen molar-refractivity contribution in [3.63, 3.8) is 0 Å². The lowest BCUT2D eigenvalue weighted by molar-refractivity contribution is -0.113. The second-order valence-corrected chi connectivity index (χ2v) is 9.37. The highest BCUT2D eigenvalue weighted by Crippen LogP contribution is 2.29. The number of benzene rings is 1. The number of hydrogen-bond donors (Lipinski definition) is 1. The molecule has 11 heteroatoms. The van der Waals surface area contributed by atoms with E-state index in [0.29, 0.717) is 38.9 Å². The Balaban J connectivity index is 1.65. The Bertz CT molecular complexity index is 1120. The van der Waals surface area contributed by atoms with Gasteiger partial charge in [0.25, 0.3) is 0 Å². The predicted octanol–water partition coefficient (Wildman–Crippen LogP) is 4.98. The number of ether oxygens (including phenoxy) is 2. The van der Waals surface area contributed by atoms with Crippen LogP contribution in [0, 0.1) is 6.92 Å². The van der Waals surface area contributed by atoms with Crippen molar-refractivity contribution in [1.82, 2.24) is 14.8 Å². The van der Waals surface area contributed by atoms with E-state index in [4.69, 9.17) is 21.1 Å². The fourth-order valence-electron chi connectivity index (χ4n) is 2.96. The molecule has 1 aromatic carbocycles. The number of hydrogen-bond acceptors (Lipinski definition) is 8. The summed E-state index contributed by atoms with van der Waals surface area (Å²) in [5.74, 6) is 0.659. The van der Waals surface area contributed by atoms with E-state index in [0.717, 1.165) is 4.88 Å².